The Hall–Kier alpha value is -1.81. The van der Waals surface area contributed by atoms with Gasteiger partial charge in [0, 0.05) is 6.21 Å². The second kappa shape index (κ2) is 4.63. The van der Waals surface area contributed by atoms with E-state index in [4.69, 9.17) is 15.6 Å². The summed E-state index contributed by atoms with van der Waals surface area (Å²) in [4.78, 5) is 22.0. The number of aliphatic hydroxyl groups is 3. The van der Waals surface area contributed by atoms with Gasteiger partial charge in [0.25, 0.3) is 5.56 Å². The minimum Gasteiger partial charge on any atom is -0.394 e. The number of nitrogens with one attached hydrogen (secondary N) is 1. The number of aliphatic imine (C=N–C) groups is 1. The van der Waals surface area contributed by atoms with Crippen molar-refractivity contribution in [2.45, 2.75) is 30.3 Å². The number of nitrogens with zero attached hydrogens (tertiary/aromatic N) is 2. The van der Waals surface area contributed by atoms with Gasteiger partial charge in [-0.25, -0.2) is 4.98 Å². The smallest absolute Gasteiger partial charge is 0.278 e. The fraction of sp³-hybridized carbons (Fsp3) is 0.545. The number of aliphatic hydroxyl groups excluding tert-OH is 3. The van der Waals surface area contributed by atoms with Crippen molar-refractivity contribution in [1.82, 2.24) is 9.97 Å². The number of fused-ring (bicyclic) bond motifs is 1. The molecule has 2 aliphatic heterocycles. The summed E-state index contributed by atoms with van der Waals surface area (Å²) in [5.41, 5.74) is 5.42. The summed E-state index contributed by atoms with van der Waals surface area (Å²) in [7, 11) is 0. The molecule has 108 valence electrons. The first-order valence-electron chi connectivity index (χ1n) is 6.09. The van der Waals surface area contributed by atoms with Gasteiger partial charge >= 0.3 is 0 Å². The Balaban J connectivity index is 1.96. The van der Waals surface area contributed by atoms with Crippen LogP contribution in [0.1, 0.15) is 11.6 Å². The Morgan fingerprint density at radius 1 is 1.40 bits per heavy atom. The number of anilines is 1. The number of nitrogen functional groups attached to an aromatic ring is 1. The number of rotatable bonds is 2. The molecule has 1 unspecified atom stereocenters. The fourth-order valence-electron chi connectivity index (χ4n) is 2.55. The number of H-pyrrole nitrogens is 1. The van der Waals surface area contributed by atoms with Gasteiger partial charge in [-0.15, -0.1) is 0 Å². The van der Waals surface area contributed by atoms with E-state index in [2.05, 4.69) is 15.0 Å². The van der Waals surface area contributed by atoms with E-state index in [0.717, 1.165) is 0 Å². The molecule has 0 spiro atoms. The van der Waals surface area contributed by atoms with Crippen LogP contribution in [0.25, 0.3) is 0 Å². The third-order valence-corrected chi connectivity index (χ3v) is 3.55. The Kier molecular flexibility index (Phi) is 3.05. The first-order chi connectivity index (χ1) is 9.52. The molecular weight excluding hydrogens is 268 g/mol. The quantitative estimate of drug-likeness (QED) is 0.406. The summed E-state index contributed by atoms with van der Waals surface area (Å²) in [6, 6.07) is 0. The molecule has 0 radical (unpaired) electrons. The van der Waals surface area contributed by atoms with E-state index in [1.807, 2.05) is 0 Å². The molecule has 5 atom stereocenters. The Morgan fingerprint density at radius 3 is 2.80 bits per heavy atom. The number of hydrogen-bond donors (Lipinski definition) is 5. The van der Waals surface area contributed by atoms with Gasteiger partial charge in [0.05, 0.1) is 18.2 Å². The minimum atomic E-state index is -1.21. The molecule has 1 saturated heterocycles. The lowest BCUT2D eigenvalue weighted by Crippen LogP contribution is -2.36. The first kappa shape index (κ1) is 13.2. The normalized spacial score (nSPS) is 35.5. The van der Waals surface area contributed by atoms with Gasteiger partial charge in [-0.1, -0.05) is 0 Å². The predicted molar refractivity (Wildman–Crippen MR) is 67.9 cm³/mol. The topological polar surface area (TPSA) is 154 Å². The van der Waals surface area contributed by atoms with E-state index in [-0.39, 0.29) is 11.6 Å². The minimum absolute atomic E-state index is 0.0593. The highest BCUT2D eigenvalue weighted by molar-refractivity contribution is 5.80. The zero-order valence-corrected chi connectivity index (χ0v) is 10.3. The van der Waals surface area contributed by atoms with Crippen LogP contribution in [0.4, 0.5) is 11.6 Å². The summed E-state index contributed by atoms with van der Waals surface area (Å²) in [5, 5.41) is 28.8. The van der Waals surface area contributed by atoms with Crippen LogP contribution in [-0.4, -0.2) is 62.5 Å². The number of nitrogens with two attached hydrogens (primary N) is 1. The van der Waals surface area contributed by atoms with Gasteiger partial charge < -0.3 is 25.8 Å². The lowest BCUT2D eigenvalue weighted by Gasteiger charge is -2.19. The molecule has 0 saturated carbocycles. The van der Waals surface area contributed by atoms with Gasteiger partial charge in [0.1, 0.15) is 24.4 Å². The third-order valence-electron chi connectivity index (χ3n) is 3.55. The lowest BCUT2D eigenvalue weighted by molar-refractivity contribution is -0.0237. The summed E-state index contributed by atoms with van der Waals surface area (Å²) < 4.78 is 5.42. The summed E-state index contributed by atoms with van der Waals surface area (Å²) in [6.45, 7) is -0.420. The average molecular weight is 282 g/mol. The summed E-state index contributed by atoms with van der Waals surface area (Å²) in [5.74, 6) is -0.660. The van der Waals surface area contributed by atoms with E-state index >= 15 is 0 Å². The maximum Gasteiger partial charge on any atom is 0.278 e. The highest BCUT2D eigenvalue weighted by atomic mass is 16.6. The van der Waals surface area contributed by atoms with Crippen LogP contribution in [0.15, 0.2) is 9.79 Å². The van der Waals surface area contributed by atoms with Crippen LogP contribution in [-0.2, 0) is 4.74 Å². The summed E-state index contributed by atoms with van der Waals surface area (Å²) >= 11 is 0. The van der Waals surface area contributed by atoms with E-state index in [0.29, 0.717) is 5.69 Å². The molecule has 3 heterocycles. The second-order valence-electron chi connectivity index (χ2n) is 4.79. The molecule has 9 nitrogen and oxygen atoms in total. The zero-order valence-electron chi connectivity index (χ0n) is 10.3. The average Bonchev–Trinajstić information content (AvgIpc) is 2.93. The maximum absolute atomic E-state index is 11.7. The van der Waals surface area contributed by atoms with Crippen LogP contribution in [0.5, 0.6) is 0 Å². The molecule has 6 N–H and O–H groups in total. The SMILES string of the molecule is Nc1nc2c(c(=O)[nH]1)N=CC2[C@@H]1O[C@H](CO)[C@@H](O)[C@H]1O. The molecule has 2 aliphatic rings. The Morgan fingerprint density at radius 2 is 2.15 bits per heavy atom. The van der Waals surface area contributed by atoms with Gasteiger partial charge in [-0.05, 0) is 0 Å². The lowest BCUT2D eigenvalue weighted by atomic mass is 9.95. The number of aromatic nitrogens is 2. The molecule has 0 aromatic carbocycles. The van der Waals surface area contributed by atoms with E-state index in [1.54, 1.807) is 0 Å². The van der Waals surface area contributed by atoms with Crippen molar-refractivity contribution < 1.29 is 20.1 Å². The van der Waals surface area contributed by atoms with Crippen LogP contribution < -0.4 is 11.3 Å². The van der Waals surface area contributed by atoms with Crippen molar-refractivity contribution in [3.05, 3.63) is 16.0 Å². The van der Waals surface area contributed by atoms with Gasteiger partial charge in [-0.3, -0.25) is 14.8 Å². The molecule has 1 aromatic rings. The molecular formula is C11H14N4O5. The molecule has 3 rings (SSSR count). The first-order valence-corrected chi connectivity index (χ1v) is 6.09. The third kappa shape index (κ3) is 1.83. The highest BCUT2D eigenvalue weighted by Crippen LogP contribution is 2.36. The van der Waals surface area contributed by atoms with E-state index < -0.39 is 42.5 Å². The molecule has 0 aliphatic carbocycles. The molecule has 0 amide bonds. The molecule has 9 heteroatoms. The largest absolute Gasteiger partial charge is 0.394 e. The Labute approximate surface area is 112 Å². The number of ether oxygens (including phenoxy) is 1. The van der Waals surface area contributed by atoms with Crippen molar-refractivity contribution in [2.75, 3.05) is 12.3 Å². The van der Waals surface area contributed by atoms with Crippen molar-refractivity contribution in [3.8, 4) is 0 Å². The van der Waals surface area contributed by atoms with Gasteiger partial charge in [0.2, 0.25) is 5.95 Å². The molecule has 1 aromatic heterocycles. The summed E-state index contributed by atoms with van der Waals surface area (Å²) in [6.07, 6.45) is -2.72. The standard InChI is InChI=1S/C11H14N4O5/c12-11-14-5-3(1-13-6(5)10(19)15-11)9-8(18)7(17)4(2-16)20-9/h1,3-4,7-9,16-18H,2H2,(H3,12,14,15,19)/t3?,4-,7-,8-,9+/m1/s1. The van der Waals surface area contributed by atoms with E-state index in [9.17, 15) is 15.0 Å². The van der Waals surface area contributed by atoms with Gasteiger partial charge in [-0.2, -0.15) is 0 Å². The van der Waals surface area contributed by atoms with Crippen LogP contribution in [0, 0.1) is 0 Å². The van der Waals surface area contributed by atoms with Crippen LogP contribution >= 0.6 is 0 Å². The van der Waals surface area contributed by atoms with Gasteiger partial charge in [0.15, 0.2) is 5.69 Å². The highest BCUT2D eigenvalue weighted by Gasteiger charge is 2.48. The van der Waals surface area contributed by atoms with Crippen molar-refractivity contribution in [2.24, 2.45) is 4.99 Å². The van der Waals surface area contributed by atoms with Crippen molar-refractivity contribution >= 4 is 17.9 Å². The second-order valence-corrected chi connectivity index (χ2v) is 4.79. The monoisotopic (exact) mass is 282 g/mol. The molecule has 1 fully saturated rings. The maximum atomic E-state index is 11.7. The van der Waals surface area contributed by atoms with Crippen LogP contribution in [0.3, 0.4) is 0 Å². The van der Waals surface area contributed by atoms with Crippen molar-refractivity contribution in [1.29, 1.82) is 0 Å². The number of hydrogen-bond acceptors (Lipinski definition) is 8. The van der Waals surface area contributed by atoms with Crippen LogP contribution in [0.2, 0.25) is 0 Å². The van der Waals surface area contributed by atoms with E-state index in [1.165, 1.54) is 6.21 Å². The number of aromatic amines is 1. The fourth-order valence-corrected chi connectivity index (χ4v) is 2.55. The molecule has 20 heavy (non-hydrogen) atoms. The zero-order chi connectivity index (χ0) is 14.4. The molecule has 0 bridgehead atoms. The predicted octanol–water partition coefficient (Wildman–Crippen LogP) is -2.37. The Bertz CT molecular complexity index is 615. The van der Waals surface area contributed by atoms with Crippen molar-refractivity contribution in [3.63, 3.8) is 0 Å².